The highest BCUT2D eigenvalue weighted by atomic mass is 32.2. The maximum atomic E-state index is 12.4. The number of carbonyl (C=O) groups excluding carboxylic acids is 1. The van der Waals surface area contributed by atoms with Crippen LogP contribution >= 0.6 is 23.1 Å². The zero-order valence-corrected chi connectivity index (χ0v) is 16.3. The average Bonchev–Trinajstić information content (AvgIpc) is 2.99. The van der Waals surface area contributed by atoms with Crippen LogP contribution in [0.4, 0.5) is 5.13 Å². The molecule has 0 aliphatic carbocycles. The van der Waals surface area contributed by atoms with Crippen LogP contribution in [-0.4, -0.2) is 28.5 Å². The topological polar surface area (TPSA) is 64.1 Å². The van der Waals surface area contributed by atoms with E-state index < -0.39 is 6.10 Å². The van der Waals surface area contributed by atoms with Crippen LogP contribution in [0.5, 0.6) is 5.75 Å². The second-order valence-electron chi connectivity index (χ2n) is 6.36. The molecule has 1 heterocycles. The fourth-order valence-electron chi connectivity index (χ4n) is 2.05. The summed E-state index contributed by atoms with van der Waals surface area (Å²) in [6, 6.07) is 7.89. The van der Waals surface area contributed by atoms with Gasteiger partial charge in [-0.2, -0.15) is 0 Å². The second kappa shape index (κ2) is 7.98. The molecule has 1 aromatic carbocycles. The van der Waals surface area contributed by atoms with Crippen molar-refractivity contribution in [2.45, 2.75) is 50.0 Å². The molecule has 1 amide bonds. The monoisotopic (exact) mass is 365 g/mol. The van der Waals surface area contributed by atoms with Crippen molar-refractivity contribution in [3.8, 4) is 5.75 Å². The summed E-state index contributed by atoms with van der Waals surface area (Å²) in [4.78, 5) is 12.4. The lowest BCUT2D eigenvalue weighted by Crippen LogP contribution is -2.32. The minimum atomic E-state index is -0.563. The van der Waals surface area contributed by atoms with Gasteiger partial charge in [-0.25, -0.2) is 0 Å². The van der Waals surface area contributed by atoms with Crippen LogP contribution in [0, 0.1) is 0 Å². The second-order valence-corrected chi connectivity index (χ2v) is 8.39. The Kier molecular flexibility index (Phi) is 6.23. The van der Waals surface area contributed by atoms with Crippen LogP contribution in [0.25, 0.3) is 0 Å². The third kappa shape index (κ3) is 4.95. The molecule has 24 heavy (non-hydrogen) atoms. The molecule has 2 aromatic rings. The first-order valence-corrected chi connectivity index (χ1v) is 9.83. The molecular formula is C17H23N3O2S2. The van der Waals surface area contributed by atoms with Gasteiger partial charge in [0.25, 0.3) is 5.91 Å². The van der Waals surface area contributed by atoms with Gasteiger partial charge in [-0.3, -0.25) is 10.1 Å². The Balaban J connectivity index is 2.01. The summed E-state index contributed by atoms with van der Waals surface area (Å²) in [7, 11) is 0. The minimum Gasteiger partial charge on any atom is -0.481 e. The highest BCUT2D eigenvalue weighted by Crippen LogP contribution is 2.26. The summed E-state index contributed by atoms with van der Waals surface area (Å²) in [5, 5.41) is 11.2. The van der Waals surface area contributed by atoms with E-state index in [1.807, 2.05) is 37.4 Å². The summed E-state index contributed by atoms with van der Waals surface area (Å²) in [5.41, 5.74) is 1.32. The summed E-state index contributed by atoms with van der Waals surface area (Å²) >= 11 is 2.85. The number of carbonyl (C=O) groups is 1. The summed E-state index contributed by atoms with van der Waals surface area (Å²) in [6.07, 6.45) is 1.93. The highest BCUT2D eigenvalue weighted by molar-refractivity contribution is 8.00. The molecule has 2 rings (SSSR count). The highest BCUT2D eigenvalue weighted by Gasteiger charge is 2.20. The molecule has 0 saturated carbocycles. The number of hydrogen-bond acceptors (Lipinski definition) is 6. The van der Waals surface area contributed by atoms with Gasteiger partial charge in [0.1, 0.15) is 5.75 Å². The maximum Gasteiger partial charge on any atom is 0.267 e. The van der Waals surface area contributed by atoms with E-state index in [-0.39, 0.29) is 11.3 Å². The molecular weight excluding hydrogens is 342 g/mol. The number of nitrogens with one attached hydrogen (secondary N) is 1. The van der Waals surface area contributed by atoms with Crippen molar-refractivity contribution in [2.75, 3.05) is 11.6 Å². The van der Waals surface area contributed by atoms with Gasteiger partial charge >= 0.3 is 0 Å². The normalized spacial score (nSPS) is 12.7. The van der Waals surface area contributed by atoms with Gasteiger partial charge in [-0.05, 0) is 35.8 Å². The number of ether oxygens (including phenoxy) is 1. The Morgan fingerprint density at radius 2 is 1.96 bits per heavy atom. The number of amides is 1. The number of nitrogens with zero attached hydrogens (tertiary/aromatic N) is 2. The zero-order valence-electron chi connectivity index (χ0n) is 14.6. The molecule has 130 valence electrons. The van der Waals surface area contributed by atoms with Crippen molar-refractivity contribution < 1.29 is 9.53 Å². The zero-order chi connectivity index (χ0) is 17.7. The van der Waals surface area contributed by atoms with Crippen molar-refractivity contribution in [3.63, 3.8) is 0 Å². The van der Waals surface area contributed by atoms with Crippen molar-refractivity contribution >= 4 is 34.1 Å². The molecule has 0 bridgehead atoms. The van der Waals surface area contributed by atoms with E-state index in [1.165, 1.54) is 28.7 Å². The summed E-state index contributed by atoms with van der Waals surface area (Å²) < 4.78 is 6.65. The van der Waals surface area contributed by atoms with Crippen LogP contribution in [0.1, 0.15) is 39.7 Å². The minimum absolute atomic E-state index is 0.0902. The molecule has 0 aliphatic heterocycles. The number of thioether (sulfide) groups is 1. The molecule has 0 radical (unpaired) electrons. The van der Waals surface area contributed by atoms with Gasteiger partial charge in [0, 0.05) is 0 Å². The van der Waals surface area contributed by atoms with E-state index in [0.717, 1.165) is 4.34 Å². The average molecular weight is 366 g/mol. The van der Waals surface area contributed by atoms with Gasteiger partial charge in [0.05, 0.1) is 0 Å². The molecule has 0 spiro atoms. The fourth-order valence-corrected chi connectivity index (χ4v) is 3.22. The number of aromatic nitrogens is 2. The lowest BCUT2D eigenvalue weighted by molar-refractivity contribution is -0.122. The summed E-state index contributed by atoms with van der Waals surface area (Å²) in [6.45, 7) is 8.41. The van der Waals surface area contributed by atoms with Crippen LogP contribution in [0.15, 0.2) is 28.6 Å². The quantitative estimate of drug-likeness (QED) is 0.609. The van der Waals surface area contributed by atoms with Crippen molar-refractivity contribution in [3.05, 3.63) is 29.8 Å². The van der Waals surface area contributed by atoms with Crippen LogP contribution in [0.2, 0.25) is 0 Å². The van der Waals surface area contributed by atoms with Gasteiger partial charge in [0.2, 0.25) is 5.13 Å². The molecule has 1 aromatic heterocycles. The third-order valence-corrected chi connectivity index (χ3v) is 5.29. The first-order valence-electron chi connectivity index (χ1n) is 7.79. The van der Waals surface area contributed by atoms with Crippen LogP contribution < -0.4 is 10.1 Å². The smallest absolute Gasteiger partial charge is 0.267 e. The number of hydrogen-bond donors (Lipinski definition) is 1. The van der Waals surface area contributed by atoms with E-state index in [1.54, 1.807) is 0 Å². The number of anilines is 1. The van der Waals surface area contributed by atoms with Gasteiger partial charge in [0.15, 0.2) is 10.4 Å². The lowest BCUT2D eigenvalue weighted by Gasteiger charge is -2.20. The molecule has 1 N–H and O–H groups in total. The SMILES string of the molecule is CC[C@@H](Oc1ccc(C(C)(C)C)cc1)C(=O)Nc1nnc(SC)s1. The molecule has 0 aliphatic rings. The van der Waals surface area contributed by atoms with E-state index in [0.29, 0.717) is 17.3 Å². The Labute approximate surface area is 151 Å². The van der Waals surface area contributed by atoms with E-state index in [4.69, 9.17) is 4.74 Å². The van der Waals surface area contributed by atoms with Crippen LogP contribution in [-0.2, 0) is 10.2 Å². The Hall–Kier alpha value is -1.60. The maximum absolute atomic E-state index is 12.4. The predicted octanol–water partition coefficient (Wildman–Crippen LogP) is 4.35. The van der Waals surface area contributed by atoms with Crippen LogP contribution in [0.3, 0.4) is 0 Å². The van der Waals surface area contributed by atoms with Gasteiger partial charge < -0.3 is 4.74 Å². The molecule has 0 fully saturated rings. The van der Waals surface area contributed by atoms with E-state index in [2.05, 4.69) is 36.3 Å². The van der Waals surface area contributed by atoms with Crippen molar-refractivity contribution in [1.29, 1.82) is 0 Å². The molecule has 0 saturated heterocycles. The fraction of sp³-hybridized carbons (Fsp3) is 0.471. The lowest BCUT2D eigenvalue weighted by atomic mass is 9.87. The third-order valence-electron chi connectivity index (χ3n) is 3.47. The molecule has 1 atom stereocenters. The van der Waals surface area contributed by atoms with E-state index >= 15 is 0 Å². The largest absolute Gasteiger partial charge is 0.481 e. The standard InChI is InChI=1S/C17H23N3O2S2/c1-6-13(14(21)18-15-19-20-16(23-5)24-15)22-12-9-7-11(8-10-12)17(2,3)4/h7-10,13H,6H2,1-5H3,(H,18,19,21)/t13-/m1/s1. The Bertz CT molecular complexity index is 678. The van der Waals surface area contributed by atoms with Gasteiger partial charge in [-0.15, -0.1) is 10.2 Å². The summed E-state index contributed by atoms with van der Waals surface area (Å²) in [5.74, 6) is 0.480. The van der Waals surface area contributed by atoms with Crippen molar-refractivity contribution in [2.24, 2.45) is 0 Å². The van der Waals surface area contributed by atoms with E-state index in [9.17, 15) is 4.79 Å². The predicted molar refractivity (Wildman–Crippen MR) is 100 cm³/mol. The Morgan fingerprint density at radius 1 is 1.29 bits per heavy atom. The molecule has 5 nitrogen and oxygen atoms in total. The molecule has 0 unspecified atom stereocenters. The number of benzene rings is 1. The first kappa shape index (κ1) is 18.7. The first-order chi connectivity index (χ1) is 11.3. The molecule has 7 heteroatoms. The number of rotatable bonds is 6. The van der Waals surface area contributed by atoms with Crippen molar-refractivity contribution in [1.82, 2.24) is 10.2 Å². The Morgan fingerprint density at radius 3 is 2.46 bits per heavy atom. The van der Waals surface area contributed by atoms with Gasteiger partial charge in [-0.1, -0.05) is 62.9 Å².